The molecule has 1 heterocycles. The highest BCUT2D eigenvalue weighted by molar-refractivity contribution is 7.11. The SMILES string of the molecule is CC(C)Oc1c(N)nsc1N(CCO)CCO. The van der Waals surface area contributed by atoms with E-state index in [0.717, 1.165) is 5.00 Å². The summed E-state index contributed by atoms with van der Waals surface area (Å²) in [5.41, 5.74) is 5.74. The fourth-order valence-electron chi connectivity index (χ4n) is 1.39. The van der Waals surface area contributed by atoms with Crippen molar-refractivity contribution in [1.82, 2.24) is 4.37 Å². The van der Waals surface area contributed by atoms with E-state index in [1.807, 2.05) is 18.7 Å². The number of hydrogen-bond donors (Lipinski definition) is 3. The summed E-state index contributed by atoms with van der Waals surface area (Å²) in [6.45, 7) is 4.64. The van der Waals surface area contributed by atoms with Crippen molar-refractivity contribution < 1.29 is 14.9 Å². The van der Waals surface area contributed by atoms with Gasteiger partial charge in [-0.15, -0.1) is 0 Å². The second-order valence-electron chi connectivity index (χ2n) is 3.80. The summed E-state index contributed by atoms with van der Waals surface area (Å²) < 4.78 is 9.65. The quantitative estimate of drug-likeness (QED) is 0.654. The van der Waals surface area contributed by atoms with Gasteiger partial charge in [0.1, 0.15) is 0 Å². The minimum atomic E-state index is -0.00227. The third-order valence-corrected chi connectivity index (χ3v) is 2.94. The Morgan fingerprint density at radius 3 is 2.41 bits per heavy atom. The van der Waals surface area contributed by atoms with E-state index in [-0.39, 0.29) is 19.3 Å². The van der Waals surface area contributed by atoms with E-state index >= 15 is 0 Å². The summed E-state index contributed by atoms with van der Waals surface area (Å²) in [6, 6.07) is 0. The van der Waals surface area contributed by atoms with Crippen LogP contribution in [0.1, 0.15) is 13.8 Å². The maximum absolute atomic E-state index is 8.99. The van der Waals surface area contributed by atoms with Crippen molar-refractivity contribution in [2.24, 2.45) is 0 Å². The Labute approximate surface area is 105 Å². The van der Waals surface area contributed by atoms with E-state index in [1.165, 1.54) is 11.5 Å². The van der Waals surface area contributed by atoms with Gasteiger partial charge >= 0.3 is 0 Å². The molecule has 1 aromatic heterocycles. The number of aromatic nitrogens is 1. The maximum atomic E-state index is 8.99. The number of nitrogens with zero attached hydrogens (tertiary/aromatic N) is 2. The molecule has 17 heavy (non-hydrogen) atoms. The Kier molecular flexibility index (Phi) is 5.46. The van der Waals surface area contributed by atoms with Crippen molar-refractivity contribution in [2.75, 3.05) is 36.9 Å². The first-order chi connectivity index (χ1) is 8.10. The van der Waals surface area contributed by atoms with Gasteiger partial charge in [0.25, 0.3) is 0 Å². The van der Waals surface area contributed by atoms with Crippen LogP contribution >= 0.6 is 11.5 Å². The second-order valence-corrected chi connectivity index (χ2v) is 4.55. The first-order valence-corrected chi connectivity index (χ1v) is 6.26. The first-order valence-electron chi connectivity index (χ1n) is 5.48. The Balaban J connectivity index is 2.92. The minimum absolute atomic E-state index is 0.00107. The van der Waals surface area contributed by atoms with E-state index < -0.39 is 0 Å². The zero-order valence-corrected chi connectivity index (χ0v) is 10.9. The Morgan fingerprint density at radius 1 is 1.35 bits per heavy atom. The molecule has 0 radical (unpaired) electrons. The van der Waals surface area contributed by atoms with Crippen LogP contribution in [0.2, 0.25) is 0 Å². The molecule has 0 amide bonds. The van der Waals surface area contributed by atoms with E-state index in [2.05, 4.69) is 4.37 Å². The molecule has 0 unspecified atom stereocenters. The third-order valence-electron chi connectivity index (χ3n) is 2.04. The molecule has 1 aromatic rings. The molecule has 0 saturated heterocycles. The summed E-state index contributed by atoms with van der Waals surface area (Å²) >= 11 is 1.21. The Morgan fingerprint density at radius 2 is 1.94 bits per heavy atom. The summed E-state index contributed by atoms with van der Waals surface area (Å²) in [5, 5.41) is 18.7. The average Bonchev–Trinajstić information content (AvgIpc) is 2.60. The van der Waals surface area contributed by atoms with Gasteiger partial charge in [-0.05, 0) is 25.4 Å². The average molecular weight is 261 g/mol. The number of anilines is 2. The fourth-order valence-corrected chi connectivity index (χ4v) is 2.19. The van der Waals surface area contributed by atoms with Crippen LogP contribution in [-0.2, 0) is 0 Å². The summed E-state index contributed by atoms with van der Waals surface area (Å²) in [6.07, 6.45) is -0.00227. The highest BCUT2D eigenvalue weighted by Gasteiger charge is 2.19. The van der Waals surface area contributed by atoms with E-state index in [0.29, 0.717) is 24.7 Å². The van der Waals surface area contributed by atoms with Gasteiger partial charge < -0.3 is 25.6 Å². The fraction of sp³-hybridized carbons (Fsp3) is 0.700. The Hall–Kier alpha value is -1.05. The highest BCUT2D eigenvalue weighted by Crippen LogP contribution is 2.38. The van der Waals surface area contributed by atoms with Gasteiger partial charge in [-0.1, -0.05) is 0 Å². The second kappa shape index (κ2) is 6.63. The van der Waals surface area contributed by atoms with Gasteiger partial charge in [0.2, 0.25) is 0 Å². The summed E-state index contributed by atoms with van der Waals surface area (Å²) in [4.78, 5) is 1.81. The van der Waals surface area contributed by atoms with Gasteiger partial charge in [-0.3, -0.25) is 0 Å². The van der Waals surface area contributed by atoms with Crippen molar-refractivity contribution in [3.8, 4) is 5.75 Å². The van der Waals surface area contributed by atoms with E-state index in [9.17, 15) is 0 Å². The number of ether oxygens (including phenoxy) is 1. The molecule has 0 spiro atoms. The smallest absolute Gasteiger partial charge is 0.198 e. The molecule has 1 rings (SSSR count). The lowest BCUT2D eigenvalue weighted by Crippen LogP contribution is -2.29. The van der Waals surface area contributed by atoms with Crippen LogP contribution in [0.15, 0.2) is 0 Å². The molecule has 98 valence electrons. The van der Waals surface area contributed by atoms with Gasteiger partial charge in [-0.25, -0.2) is 0 Å². The monoisotopic (exact) mass is 261 g/mol. The van der Waals surface area contributed by atoms with E-state index in [4.69, 9.17) is 20.7 Å². The number of nitrogens with two attached hydrogens (primary N) is 1. The zero-order valence-electron chi connectivity index (χ0n) is 10.1. The predicted octanol–water partition coefficient (Wildman–Crippen LogP) is 0.304. The van der Waals surface area contributed by atoms with Crippen LogP contribution in [0.5, 0.6) is 5.75 Å². The topological polar surface area (TPSA) is 91.8 Å². The molecule has 7 heteroatoms. The minimum Gasteiger partial charge on any atom is -0.484 e. The van der Waals surface area contributed by atoms with Gasteiger partial charge in [0.15, 0.2) is 16.6 Å². The lowest BCUT2D eigenvalue weighted by molar-refractivity contribution is 0.243. The van der Waals surface area contributed by atoms with Crippen LogP contribution in [0, 0.1) is 0 Å². The number of aliphatic hydroxyl groups is 2. The summed E-state index contributed by atoms with van der Waals surface area (Å²) in [7, 11) is 0. The molecule has 0 aliphatic carbocycles. The lowest BCUT2D eigenvalue weighted by Gasteiger charge is -2.22. The molecule has 6 nitrogen and oxygen atoms in total. The summed E-state index contributed by atoms with van der Waals surface area (Å²) in [5.74, 6) is 0.881. The standard InChI is InChI=1S/C10H19N3O3S/c1-7(2)16-8-9(11)12-17-10(8)13(3-5-14)4-6-15/h7,14-15H,3-6H2,1-2H3,(H2,11,12). The van der Waals surface area contributed by atoms with Crippen LogP contribution in [-0.4, -0.2) is 47.0 Å². The van der Waals surface area contributed by atoms with Crippen LogP contribution in [0.4, 0.5) is 10.8 Å². The predicted molar refractivity (Wildman–Crippen MR) is 68.7 cm³/mol. The molecule has 0 aromatic carbocycles. The van der Waals surface area contributed by atoms with Crippen LogP contribution < -0.4 is 15.4 Å². The molecule has 0 fully saturated rings. The van der Waals surface area contributed by atoms with Crippen molar-refractivity contribution in [3.05, 3.63) is 0 Å². The normalized spacial score (nSPS) is 10.9. The van der Waals surface area contributed by atoms with Gasteiger partial charge in [0.05, 0.1) is 19.3 Å². The number of aliphatic hydroxyl groups excluding tert-OH is 2. The molecule has 0 aliphatic heterocycles. The Bertz CT molecular complexity index is 338. The lowest BCUT2D eigenvalue weighted by atomic mass is 10.4. The van der Waals surface area contributed by atoms with Crippen LogP contribution in [0.3, 0.4) is 0 Å². The molecule has 0 bridgehead atoms. The maximum Gasteiger partial charge on any atom is 0.198 e. The molecular formula is C10H19N3O3S. The molecule has 0 aliphatic rings. The molecular weight excluding hydrogens is 242 g/mol. The third kappa shape index (κ3) is 3.72. The van der Waals surface area contributed by atoms with Crippen molar-refractivity contribution in [3.63, 3.8) is 0 Å². The first kappa shape index (κ1) is 14.0. The highest BCUT2D eigenvalue weighted by atomic mass is 32.1. The molecule has 4 N–H and O–H groups in total. The van der Waals surface area contributed by atoms with Crippen molar-refractivity contribution >= 4 is 22.4 Å². The number of rotatable bonds is 7. The largest absolute Gasteiger partial charge is 0.484 e. The van der Waals surface area contributed by atoms with Gasteiger partial charge in [0, 0.05) is 13.1 Å². The van der Waals surface area contributed by atoms with Crippen LogP contribution in [0.25, 0.3) is 0 Å². The van der Waals surface area contributed by atoms with E-state index in [1.54, 1.807) is 0 Å². The molecule has 0 saturated carbocycles. The van der Waals surface area contributed by atoms with Crippen molar-refractivity contribution in [2.45, 2.75) is 20.0 Å². The molecule has 0 atom stereocenters. The van der Waals surface area contributed by atoms with Crippen molar-refractivity contribution in [1.29, 1.82) is 0 Å². The number of nitrogen functional groups attached to an aromatic ring is 1. The van der Waals surface area contributed by atoms with Gasteiger partial charge in [-0.2, -0.15) is 4.37 Å². The number of hydrogen-bond acceptors (Lipinski definition) is 7. The zero-order chi connectivity index (χ0) is 12.8.